The number of hydrogen-bond acceptors (Lipinski definition) is 1. The van der Waals surface area contributed by atoms with E-state index in [4.69, 9.17) is 0 Å². The zero-order valence-corrected chi connectivity index (χ0v) is 13.4. The molecule has 0 aliphatic rings. The van der Waals surface area contributed by atoms with Gasteiger partial charge >= 0.3 is 0 Å². The summed E-state index contributed by atoms with van der Waals surface area (Å²) in [6, 6.07) is 15.8. The number of carbonyl (C=O) groups excluding carboxylic acids is 1. The van der Waals surface area contributed by atoms with E-state index >= 15 is 0 Å². The highest BCUT2D eigenvalue weighted by atomic mass is 79.9. The van der Waals surface area contributed by atoms with Gasteiger partial charge in [-0.05, 0) is 43.2 Å². The van der Waals surface area contributed by atoms with E-state index in [-0.39, 0.29) is 5.91 Å². The topological polar surface area (TPSA) is 20.3 Å². The summed E-state index contributed by atoms with van der Waals surface area (Å²) < 4.78 is 1.03. The van der Waals surface area contributed by atoms with Crippen molar-refractivity contribution in [3.8, 4) is 0 Å². The Morgan fingerprint density at radius 1 is 1.15 bits per heavy atom. The van der Waals surface area contributed by atoms with Crippen LogP contribution in [-0.2, 0) is 6.54 Å². The van der Waals surface area contributed by atoms with Crippen molar-refractivity contribution in [3.63, 3.8) is 0 Å². The van der Waals surface area contributed by atoms with Crippen LogP contribution in [-0.4, -0.2) is 17.4 Å². The van der Waals surface area contributed by atoms with Crippen LogP contribution >= 0.6 is 15.9 Å². The zero-order chi connectivity index (χ0) is 14.5. The van der Waals surface area contributed by atoms with Crippen molar-refractivity contribution >= 4 is 21.8 Å². The van der Waals surface area contributed by atoms with Gasteiger partial charge in [-0.25, -0.2) is 0 Å². The van der Waals surface area contributed by atoms with Crippen LogP contribution in [0.4, 0.5) is 0 Å². The molecule has 0 aliphatic heterocycles. The maximum Gasteiger partial charge on any atom is 0.254 e. The summed E-state index contributed by atoms with van der Waals surface area (Å²) in [5.74, 6) is 0.0759. The van der Waals surface area contributed by atoms with E-state index in [9.17, 15) is 4.79 Å². The predicted octanol–water partition coefficient (Wildman–Crippen LogP) is 4.42. The summed E-state index contributed by atoms with van der Waals surface area (Å²) >= 11 is 3.46. The van der Waals surface area contributed by atoms with Crippen LogP contribution in [0.3, 0.4) is 0 Å². The molecule has 2 aromatic rings. The van der Waals surface area contributed by atoms with Gasteiger partial charge in [-0.1, -0.05) is 46.3 Å². The maximum absolute atomic E-state index is 12.6. The SMILES string of the molecule is CCN(Cc1ccccc1)C(=O)c1ccc(Br)c(C)c1. The Morgan fingerprint density at radius 2 is 1.85 bits per heavy atom. The predicted molar refractivity (Wildman–Crippen MR) is 85.7 cm³/mol. The first kappa shape index (κ1) is 14.8. The summed E-state index contributed by atoms with van der Waals surface area (Å²) in [5, 5.41) is 0. The van der Waals surface area contributed by atoms with Crippen molar-refractivity contribution < 1.29 is 4.79 Å². The monoisotopic (exact) mass is 331 g/mol. The molecule has 104 valence electrons. The molecule has 2 nitrogen and oxygen atoms in total. The minimum absolute atomic E-state index is 0.0759. The van der Waals surface area contributed by atoms with E-state index in [1.54, 1.807) is 0 Å². The molecule has 2 aromatic carbocycles. The lowest BCUT2D eigenvalue weighted by molar-refractivity contribution is 0.0752. The first-order valence-corrected chi connectivity index (χ1v) is 7.50. The fourth-order valence-electron chi connectivity index (χ4n) is 2.09. The lowest BCUT2D eigenvalue weighted by atomic mass is 10.1. The summed E-state index contributed by atoms with van der Waals surface area (Å²) in [4.78, 5) is 14.4. The summed E-state index contributed by atoms with van der Waals surface area (Å²) in [6.07, 6.45) is 0. The Labute approximate surface area is 128 Å². The molecule has 0 spiro atoms. The lowest BCUT2D eigenvalue weighted by Crippen LogP contribution is -2.30. The molecule has 0 saturated heterocycles. The number of halogens is 1. The molecule has 0 fully saturated rings. The molecular weight excluding hydrogens is 314 g/mol. The van der Waals surface area contributed by atoms with Crippen LogP contribution < -0.4 is 0 Å². The van der Waals surface area contributed by atoms with Crippen molar-refractivity contribution in [2.45, 2.75) is 20.4 Å². The van der Waals surface area contributed by atoms with E-state index in [1.165, 1.54) is 0 Å². The van der Waals surface area contributed by atoms with Gasteiger partial charge in [-0.15, -0.1) is 0 Å². The van der Waals surface area contributed by atoms with E-state index in [2.05, 4.69) is 15.9 Å². The van der Waals surface area contributed by atoms with Gasteiger partial charge in [-0.2, -0.15) is 0 Å². The van der Waals surface area contributed by atoms with Crippen molar-refractivity contribution in [1.29, 1.82) is 0 Å². The van der Waals surface area contributed by atoms with E-state index < -0.39 is 0 Å². The number of aryl methyl sites for hydroxylation is 1. The van der Waals surface area contributed by atoms with E-state index in [1.807, 2.05) is 67.3 Å². The Kier molecular flexibility index (Phi) is 4.96. The normalized spacial score (nSPS) is 10.3. The third-order valence-electron chi connectivity index (χ3n) is 3.29. The van der Waals surface area contributed by atoms with Crippen LogP contribution in [0.25, 0.3) is 0 Å². The lowest BCUT2D eigenvalue weighted by Gasteiger charge is -2.21. The van der Waals surface area contributed by atoms with Crippen LogP contribution in [0.5, 0.6) is 0 Å². The Bertz CT molecular complexity index is 595. The van der Waals surface area contributed by atoms with Crippen molar-refractivity contribution in [2.24, 2.45) is 0 Å². The van der Waals surface area contributed by atoms with Crippen LogP contribution in [0, 0.1) is 6.92 Å². The van der Waals surface area contributed by atoms with Crippen LogP contribution in [0.15, 0.2) is 53.0 Å². The molecule has 0 N–H and O–H groups in total. The highest BCUT2D eigenvalue weighted by Crippen LogP contribution is 2.18. The Hall–Kier alpha value is -1.61. The van der Waals surface area contributed by atoms with Gasteiger partial charge < -0.3 is 4.90 Å². The van der Waals surface area contributed by atoms with Gasteiger partial charge in [-0.3, -0.25) is 4.79 Å². The molecule has 0 unspecified atom stereocenters. The highest BCUT2D eigenvalue weighted by Gasteiger charge is 2.15. The van der Waals surface area contributed by atoms with Crippen LogP contribution in [0.1, 0.15) is 28.4 Å². The van der Waals surface area contributed by atoms with E-state index in [0.29, 0.717) is 13.1 Å². The van der Waals surface area contributed by atoms with Crippen LogP contribution in [0.2, 0.25) is 0 Å². The fourth-order valence-corrected chi connectivity index (χ4v) is 2.34. The fraction of sp³-hybridized carbons (Fsp3) is 0.235. The summed E-state index contributed by atoms with van der Waals surface area (Å²) in [5.41, 5.74) is 2.96. The molecule has 0 bridgehead atoms. The number of amides is 1. The third-order valence-corrected chi connectivity index (χ3v) is 4.18. The molecule has 0 aliphatic carbocycles. The molecule has 1 amide bonds. The molecule has 2 rings (SSSR count). The number of benzene rings is 2. The molecule has 0 saturated carbocycles. The smallest absolute Gasteiger partial charge is 0.254 e. The number of hydrogen-bond donors (Lipinski definition) is 0. The molecule has 3 heteroatoms. The van der Waals surface area contributed by atoms with Crippen molar-refractivity contribution in [2.75, 3.05) is 6.54 Å². The minimum Gasteiger partial charge on any atom is -0.335 e. The number of rotatable bonds is 4. The maximum atomic E-state index is 12.6. The third kappa shape index (κ3) is 3.48. The quantitative estimate of drug-likeness (QED) is 0.812. The average molecular weight is 332 g/mol. The van der Waals surface area contributed by atoms with Gasteiger partial charge in [0, 0.05) is 23.1 Å². The van der Waals surface area contributed by atoms with Gasteiger partial charge in [0.1, 0.15) is 0 Å². The average Bonchev–Trinajstić information content (AvgIpc) is 2.48. The van der Waals surface area contributed by atoms with Crippen molar-refractivity contribution in [3.05, 3.63) is 69.7 Å². The largest absolute Gasteiger partial charge is 0.335 e. The molecule has 20 heavy (non-hydrogen) atoms. The van der Waals surface area contributed by atoms with Gasteiger partial charge in [0.25, 0.3) is 5.91 Å². The van der Waals surface area contributed by atoms with Gasteiger partial charge in [0.2, 0.25) is 0 Å². The summed E-state index contributed by atoms with van der Waals surface area (Å²) in [7, 11) is 0. The second-order valence-corrected chi connectivity index (χ2v) is 5.62. The Balaban J connectivity index is 2.18. The second-order valence-electron chi connectivity index (χ2n) is 4.77. The van der Waals surface area contributed by atoms with E-state index in [0.717, 1.165) is 21.2 Å². The first-order chi connectivity index (χ1) is 9.61. The minimum atomic E-state index is 0.0759. The number of carbonyl (C=O) groups is 1. The molecule has 0 aromatic heterocycles. The first-order valence-electron chi connectivity index (χ1n) is 6.71. The molecule has 0 radical (unpaired) electrons. The van der Waals surface area contributed by atoms with Gasteiger partial charge in [0.05, 0.1) is 0 Å². The Morgan fingerprint density at radius 3 is 2.45 bits per heavy atom. The van der Waals surface area contributed by atoms with Gasteiger partial charge in [0.15, 0.2) is 0 Å². The second kappa shape index (κ2) is 6.71. The standard InChI is InChI=1S/C17H18BrNO/c1-3-19(12-14-7-5-4-6-8-14)17(20)15-9-10-16(18)13(2)11-15/h4-11H,3,12H2,1-2H3. The number of nitrogens with zero attached hydrogens (tertiary/aromatic N) is 1. The molecule has 0 atom stereocenters. The molecular formula is C17H18BrNO. The molecule has 0 heterocycles. The highest BCUT2D eigenvalue weighted by molar-refractivity contribution is 9.10. The van der Waals surface area contributed by atoms with Crippen molar-refractivity contribution in [1.82, 2.24) is 4.90 Å². The summed E-state index contributed by atoms with van der Waals surface area (Å²) in [6.45, 7) is 5.34. The zero-order valence-electron chi connectivity index (χ0n) is 11.8.